The number of fused-ring (bicyclic) bond motifs is 1. The maximum Gasteiger partial charge on any atom is 0.339 e. The molecule has 0 radical (unpaired) electrons. The van der Waals surface area contributed by atoms with Crippen LogP contribution in [0.15, 0.2) is 72.8 Å². The van der Waals surface area contributed by atoms with Gasteiger partial charge < -0.3 is 15.0 Å². The number of esters is 1. The zero-order valence-electron chi connectivity index (χ0n) is 19.0. The Kier molecular flexibility index (Phi) is 6.41. The van der Waals surface area contributed by atoms with Crippen molar-refractivity contribution in [3.05, 3.63) is 95.1 Å². The fraction of sp³-hybridized carbons (Fsp3) is 0.115. The molecule has 4 rings (SSSR count). The smallest absolute Gasteiger partial charge is 0.339 e. The van der Waals surface area contributed by atoms with Gasteiger partial charge in [0.25, 0.3) is 23.6 Å². The first-order valence-corrected chi connectivity index (χ1v) is 10.6. The van der Waals surface area contributed by atoms with Crippen molar-refractivity contribution in [1.82, 2.24) is 4.90 Å². The minimum Gasteiger partial charge on any atom is -0.452 e. The van der Waals surface area contributed by atoms with Gasteiger partial charge in [-0.15, -0.1) is 0 Å². The summed E-state index contributed by atoms with van der Waals surface area (Å²) in [6.07, 6.45) is 0. The summed E-state index contributed by atoms with van der Waals surface area (Å²) in [6.45, 7) is -0.611. The van der Waals surface area contributed by atoms with E-state index in [1.54, 1.807) is 43.4 Å². The number of ether oxygens (including phenoxy) is 1. The first-order chi connectivity index (χ1) is 16.8. The highest BCUT2D eigenvalue weighted by Crippen LogP contribution is 2.25. The summed E-state index contributed by atoms with van der Waals surface area (Å²) in [5.41, 5.74) is 1.53. The molecule has 0 atom stereocenters. The average Bonchev–Trinajstić information content (AvgIpc) is 3.10. The summed E-state index contributed by atoms with van der Waals surface area (Å²) in [5, 5.41) is 2.53. The standard InChI is InChI=1S/C26H21N3O6/c1-28(17-8-4-3-5-9-17)23(31)18-10-6-7-11-20(18)26(34)35-15-22(30)27-16-12-13-19-21(14-16)25(33)29(2)24(19)32/h3-14H,15H2,1-2H3,(H,27,30). The highest BCUT2D eigenvalue weighted by Gasteiger charge is 2.32. The van der Waals surface area contributed by atoms with Gasteiger partial charge in [0.1, 0.15) is 0 Å². The van der Waals surface area contributed by atoms with Crippen molar-refractivity contribution in [3.8, 4) is 0 Å². The van der Waals surface area contributed by atoms with E-state index >= 15 is 0 Å². The van der Waals surface area contributed by atoms with E-state index in [1.165, 1.54) is 42.3 Å². The molecule has 9 nitrogen and oxygen atoms in total. The largest absolute Gasteiger partial charge is 0.452 e. The van der Waals surface area contributed by atoms with Crippen LogP contribution < -0.4 is 10.2 Å². The summed E-state index contributed by atoms with van der Waals surface area (Å²) in [5.74, 6) is -2.76. The van der Waals surface area contributed by atoms with Crippen LogP contribution in [0.25, 0.3) is 0 Å². The van der Waals surface area contributed by atoms with Crippen LogP contribution in [0.3, 0.4) is 0 Å². The zero-order chi connectivity index (χ0) is 25.1. The number of carbonyl (C=O) groups excluding carboxylic acids is 5. The first-order valence-electron chi connectivity index (χ1n) is 10.6. The molecule has 0 spiro atoms. The quantitative estimate of drug-likeness (QED) is 0.437. The minimum atomic E-state index is -0.832. The van der Waals surface area contributed by atoms with E-state index in [1.807, 2.05) is 6.07 Å². The molecule has 1 aliphatic heterocycles. The summed E-state index contributed by atoms with van der Waals surface area (Å²) >= 11 is 0. The van der Waals surface area contributed by atoms with Gasteiger partial charge in [-0.3, -0.25) is 24.1 Å². The highest BCUT2D eigenvalue weighted by atomic mass is 16.5. The second kappa shape index (κ2) is 9.60. The van der Waals surface area contributed by atoms with Crippen LogP contribution in [0.1, 0.15) is 41.4 Å². The summed E-state index contributed by atoms with van der Waals surface area (Å²) in [7, 11) is 2.97. The fourth-order valence-corrected chi connectivity index (χ4v) is 3.64. The van der Waals surface area contributed by atoms with E-state index in [0.29, 0.717) is 5.69 Å². The van der Waals surface area contributed by atoms with Crippen LogP contribution >= 0.6 is 0 Å². The first kappa shape index (κ1) is 23.4. The lowest BCUT2D eigenvalue weighted by Crippen LogP contribution is -2.28. The Morgan fingerprint density at radius 3 is 2.20 bits per heavy atom. The molecule has 9 heteroatoms. The summed E-state index contributed by atoms with van der Waals surface area (Å²) in [6, 6.07) is 19.5. The third-order valence-corrected chi connectivity index (χ3v) is 5.53. The van der Waals surface area contributed by atoms with Crippen LogP contribution in [0.2, 0.25) is 0 Å². The number of amides is 4. The third kappa shape index (κ3) is 4.65. The van der Waals surface area contributed by atoms with E-state index in [9.17, 15) is 24.0 Å². The molecule has 1 N–H and O–H groups in total. The molecule has 0 aliphatic carbocycles. The number of para-hydroxylation sites is 1. The molecule has 1 aliphatic rings. The molecule has 0 saturated carbocycles. The van der Waals surface area contributed by atoms with Crippen molar-refractivity contribution < 1.29 is 28.7 Å². The lowest BCUT2D eigenvalue weighted by atomic mass is 10.1. The molecule has 0 fully saturated rings. The summed E-state index contributed by atoms with van der Waals surface area (Å²) in [4.78, 5) is 64.6. The number of rotatable bonds is 6. The topological polar surface area (TPSA) is 113 Å². The number of carbonyl (C=O) groups is 5. The maximum atomic E-state index is 13.0. The van der Waals surface area contributed by atoms with Gasteiger partial charge in [0.2, 0.25) is 0 Å². The number of hydrogen-bond acceptors (Lipinski definition) is 6. The SMILES string of the molecule is CN1C(=O)c2ccc(NC(=O)COC(=O)c3ccccc3C(=O)N(C)c3ccccc3)cc2C1=O. The molecule has 3 aromatic rings. The second-order valence-electron chi connectivity index (χ2n) is 7.80. The van der Waals surface area contributed by atoms with Gasteiger partial charge in [0, 0.05) is 25.5 Å². The molecule has 0 saturated heterocycles. The van der Waals surface area contributed by atoms with Crippen molar-refractivity contribution in [3.63, 3.8) is 0 Å². The number of hydrogen-bond donors (Lipinski definition) is 1. The Morgan fingerprint density at radius 2 is 1.49 bits per heavy atom. The monoisotopic (exact) mass is 471 g/mol. The number of anilines is 2. The van der Waals surface area contributed by atoms with Gasteiger partial charge in [-0.05, 0) is 42.5 Å². The average molecular weight is 471 g/mol. The Labute approximate surface area is 200 Å². The van der Waals surface area contributed by atoms with Gasteiger partial charge in [-0.25, -0.2) is 4.79 Å². The lowest BCUT2D eigenvalue weighted by molar-refractivity contribution is -0.119. The molecular weight excluding hydrogens is 450 g/mol. The van der Waals surface area contributed by atoms with Crippen LogP contribution in [-0.4, -0.2) is 55.2 Å². The Bertz CT molecular complexity index is 1350. The Morgan fingerprint density at radius 1 is 0.857 bits per heavy atom. The minimum absolute atomic E-state index is 0.0257. The van der Waals surface area contributed by atoms with Crippen molar-refractivity contribution in [2.24, 2.45) is 0 Å². The zero-order valence-corrected chi connectivity index (χ0v) is 19.0. The van der Waals surface area contributed by atoms with Crippen molar-refractivity contribution >= 4 is 41.0 Å². The van der Waals surface area contributed by atoms with Crippen LogP contribution in [0.4, 0.5) is 11.4 Å². The number of benzene rings is 3. The molecule has 35 heavy (non-hydrogen) atoms. The Balaban J connectivity index is 1.42. The van der Waals surface area contributed by atoms with E-state index in [0.717, 1.165) is 4.90 Å². The third-order valence-electron chi connectivity index (χ3n) is 5.53. The Hall–Kier alpha value is -4.79. The number of nitrogens with one attached hydrogen (secondary N) is 1. The predicted octanol–water partition coefficient (Wildman–Crippen LogP) is 2.98. The van der Waals surface area contributed by atoms with Gasteiger partial charge in [-0.2, -0.15) is 0 Å². The fourth-order valence-electron chi connectivity index (χ4n) is 3.64. The predicted molar refractivity (Wildman–Crippen MR) is 127 cm³/mol. The van der Waals surface area contributed by atoms with E-state index < -0.39 is 36.2 Å². The van der Waals surface area contributed by atoms with Crippen LogP contribution in [0, 0.1) is 0 Å². The van der Waals surface area contributed by atoms with Crippen molar-refractivity contribution in [2.45, 2.75) is 0 Å². The number of nitrogens with zero attached hydrogens (tertiary/aromatic N) is 2. The van der Waals surface area contributed by atoms with Gasteiger partial charge in [0.05, 0.1) is 22.3 Å². The normalized spacial score (nSPS) is 12.2. The van der Waals surface area contributed by atoms with Crippen LogP contribution in [-0.2, 0) is 9.53 Å². The van der Waals surface area contributed by atoms with Gasteiger partial charge >= 0.3 is 5.97 Å². The second-order valence-corrected chi connectivity index (χ2v) is 7.80. The molecule has 176 valence electrons. The van der Waals surface area contributed by atoms with Crippen LogP contribution in [0.5, 0.6) is 0 Å². The maximum absolute atomic E-state index is 13.0. The lowest BCUT2D eigenvalue weighted by Gasteiger charge is -2.18. The van der Waals surface area contributed by atoms with E-state index in [2.05, 4.69) is 5.32 Å². The molecule has 0 unspecified atom stereocenters. The molecular formula is C26H21N3O6. The highest BCUT2D eigenvalue weighted by molar-refractivity contribution is 6.21. The van der Waals surface area contributed by atoms with E-state index in [-0.39, 0.29) is 27.9 Å². The van der Waals surface area contributed by atoms with Gasteiger partial charge in [-0.1, -0.05) is 30.3 Å². The molecule has 0 bridgehead atoms. The number of imide groups is 1. The van der Waals surface area contributed by atoms with E-state index in [4.69, 9.17) is 4.74 Å². The molecule has 3 aromatic carbocycles. The van der Waals surface area contributed by atoms with Crippen molar-refractivity contribution in [2.75, 3.05) is 30.9 Å². The molecule has 0 aromatic heterocycles. The molecule has 4 amide bonds. The summed E-state index contributed by atoms with van der Waals surface area (Å²) < 4.78 is 5.14. The van der Waals surface area contributed by atoms with Crippen molar-refractivity contribution in [1.29, 1.82) is 0 Å². The van der Waals surface area contributed by atoms with Gasteiger partial charge in [0.15, 0.2) is 6.61 Å². The molecule has 1 heterocycles.